The van der Waals surface area contributed by atoms with Crippen LogP contribution in [0.4, 0.5) is 0 Å². The quantitative estimate of drug-likeness (QED) is 0.800. The van der Waals surface area contributed by atoms with Gasteiger partial charge in [-0.05, 0) is 36.2 Å². The summed E-state index contributed by atoms with van der Waals surface area (Å²) in [7, 11) is 0. The minimum absolute atomic E-state index is 0.0242. The Morgan fingerprint density at radius 1 is 1.25 bits per heavy atom. The molecule has 0 spiro atoms. The molecule has 2 atom stereocenters. The van der Waals surface area contributed by atoms with Gasteiger partial charge in [-0.15, -0.1) is 11.8 Å². The van der Waals surface area contributed by atoms with Crippen LogP contribution in [0.5, 0.6) is 11.5 Å². The molecule has 1 N–H and O–H groups in total. The average Bonchev–Trinajstić information content (AvgIpc) is 3.45. The fraction of sp³-hybridized carbons (Fsp3) is 0.400. The molecule has 0 saturated carbocycles. The second-order valence-corrected chi connectivity index (χ2v) is 7.90. The number of fused-ring (bicyclic) bond motifs is 1. The van der Waals surface area contributed by atoms with Gasteiger partial charge in [0.05, 0.1) is 11.6 Å². The Bertz CT molecular complexity index is 854. The molecule has 2 amide bonds. The van der Waals surface area contributed by atoms with E-state index in [0.29, 0.717) is 23.8 Å². The van der Waals surface area contributed by atoms with Gasteiger partial charge in [-0.2, -0.15) is 0 Å². The van der Waals surface area contributed by atoms with E-state index in [1.807, 2.05) is 18.2 Å². The minimum Gasteiger partial charge on any atom is -0.459 e. The van der Waals surface area contributed by atoms with Gasteiger partial charge in [-0.25, -0.2) is 0 Å². The van der Waals surface area contributed by atoms with Crippen molar-refractivity contribution in [3.8, 4) is 11.5 Å². The SMILES string of the molecule is CCCC1SCC(C(=O)NCc2ccc3c(c2)OCO3)N1C(=O)c1ccco1. The van der Waals surface area contributed by atoms with Crippen LogP contribution in [0.1, 0.15) is 35.9 Å². The second kappa shape index (κ2) is 8.18. The van der Waals surface area contributed by atoms with Crippen molar-refractivity contribution < 1.29 is 23.5 Å². The predicted molar refractivity (Wildman–Crippen MR) is 104 cm³/mol. The lowest BCUT2D eigenvalue weighted by atomic mass is 10.1. The highest BCUT2D eigenvalue weighted by atomic mass is 32.2. The smallest absolute Gasteiger partial charge is 0.291 e. The van der Waals surface area contributed by atoms with Gasteiger partial charge in [0, 0.05) is 12.3 Å². The Kier molecular flexibility index (Phi) is 5.47. The topological polar surface area (TPSA) is 81.0 Å². The second-order valence-electron chi connectivity index (χ2n) is 6.69. The number of nitrogens with one attached hydrogen (secondary N) is 1. The summed E-state index contributed by atoms with van der Waals surface area (Å²) in [4.78, 5) is 27.5. The fourth-order valence-corrected chi connectivity index (χ4v) is 4.91. The molecule has 7 nitrogen and oxygen atoms in total. The molecule has 1 saturated heterocycles. The lowest BCUT2D eigenvalue weighted by Crippen LogP contribution is -2.49. The van der Waals surface area contributed by atoms with Crippen molar-refractivity contribution in [2.45, 2.75) is 37.7 Å². The third-order valence-electron chi connectivity index (χ3n) is 4.80. The summed E-state index contributed by atoms with van der Waals surface area (Å²) >= 11 is 1.64. The van der Waals surface area contributed by atoms with Crippen molar-refractivity contribution in [3.05, 3.63) is 47.9 Å². The molecule has 28 heavy (non-hydrogen) atoms. The van der Waals surface area contributed by atoms with Crippen molar-refractivity contribution in [3.63, 3.8) is 0 Å². The van der Waals surface area contributed by atoms with E-state index in [1.165, 1.54) is 6.26 Å². The molecule has 0 bridgehead atoms. The van der Waals surface area contributed by atoms with E-state index in [4.69, 9.17) is 13.9 Å². The van der Waals surface area contributed by atoms with Crippen LogP contribution < -0.4 is 14.8 Å². The fourth-order valence-electron chi connectivity index (χ4n) is 3.39. The van der Waals surface area contributed by atoms with Crippen LogP contribution in [0.15, 0.2) is 41.0 Å². The van der Waals surface area contributed by atoms with Crippen LogP contribution >= 0.6 is 11.8 Å². The number of rotatable bonds is 6. The maximum absolute atomic E-state index is 12.9. The number of thioether (sulfide) groups is 1. The number of ether oxygens (including phenoxy) is 2. The first kappa shape index (κ1) is 18.7. The zero-order chi connectivity index (χ0) is 19.5. The zero-order valence-electron chi connectivity index (χ0n) is 15.6. The van der Waals surface area contributed by atoms with Gasteiger partial charge in [-0.1, -0.05) is 19.4 Å². The molecule has 8 heteroatoms. The zero-order valence-corrected chi connectivity index (χ0v) is 16.4. The van der Waals surface area contributed by atoms with Crippen LogP contribution in [-0.2, 0) is 11.3 Å². The standard InChI is InChI=1S/C20H22N2O5S/c1-2-4-18-22(20(24)16-5-3-8-25-16)14(11-28-18)19(23)21-10-13-6-7-15-17(9-13)27-12-26-15/h3,5-9,14,18H,2,4,10-12H2,1H3,(H,21,23). The maximum Gasteiger partial charge on any atom is 0.291 e. The Labute approximate surface area is 167 Å². The number of benzene rings is 1. The summed E-state index contributed by atoms with van der Waals surface area (Å²) in [5.74, 6) is 1.82. The number of carbonyl (C=O) groups is 2. The lowest BCUT2D eigenvalue weighted by Gasteiger charge is -2.28. The molecule has 4 rings (SSSR count). The average molecular weight is 402 g/mol. The van der Waals surface area contributed by atoms with E-state index in [2.05, 4.69) is 12.2 Å². The van der Waals surface area contributed by atoms with Gasteiger partial charge in [0.15, 0.2) is 17.3 Å². The first-order valence-electron chi connectivity index (χ1n) is 9.31. The summed E-state index contributed by atoms with van der Waals surface area (Å²) < 4.78 is 16.0. The third-order valence-corrected chi connectivity index (χ3v) is 6.16. The van der Waals surface area contributed by atoms with Crippen molar-refractivity contribution in [1.29, 1.82) is 0 Å². The predicted octanol–water partition coefficient (Wildman–Crippen LogP) is 3.01. The summed E-state index contributed by atoms with van der Waals surface area (Å²) in [6.07, 6.45) is 3.24. The summed E-state index contributed by atoms with van der Waals surface area (Å²) in [6.45, 7) is 2.65. The molecular formula is C20H22N2O5S. The number of furan rings is 1. The van der Waals surface area contributed by atoms with E-state index < -0.39 is 6.04 Å². The monoisotopic (exact) mass is 402 g/mol. The van der Waals surface area contributed by atoms with E-state index in [0.717, 1.165) is 18.4 Å². The van der Waals surface area contributed by atoms with Gasteiger partial charge in [0.2, 0.25) is 12.7 Å². The first-order chi connectivity index (χ1) is 13.7. The highest BCUT2D eigenvalue weighted by Gasteiger charge is 2.42. The van der Waals surface area contributed by atoms with Crippen LogP contribution in [0, 0.1) is 0 Å². The Morgan fingerprint density at radius 3 is 2.89 bits per heavy atom. The number of amides is 2. The van der Waals surface area contributed by atoms with Gasteiger partial charge in [0.1, 0.15) is 6.04 Å². The van der Waals surface area contributed by atoms with Crippen LogP contribution in [-0.4, -0.2) is 40.7 Å². The van der Waals surface area contributed by atoms with Gasteiger partial charge in [-0.3, -0.25) is 9.59 Å². The number of carbonyl (C=O) groups excluding carboxylic acids is 2. The molecule has 1 aromatic heterocycles. The minimum atomic E-state index is -0.520. The summed E-state index contributed by atoms with van der Waals surface area (Å²) in [5.41, 5.74) is 0.914. The van der Waals surface area contributed by atoms with Crippen LogP contribution in [0.2, 0.25) is 0 Å². The van der Waals surface area contributed by atoms with Crippen LogP contribution in [0.3, 0.4) is 0 Å². The van der Waals surface area contributed by atoms with E-state index in [1.54, 1.807) is 28.8 Å². The molecule has 1 fully saturated rings. The molecule has 3 heterocycles. The Morgan fingerprint density at radius 2 is 2.11 bits per heavy atom. The van der Waals surface area contributed by atoms with E-state index in [-0.39, 0.29) is 29.7 Å². The molecule has 148 valence electrons. The van der Waals surface area contributed by atoms with Gasteiger partial charge in [0.25, 0.3) is 5.91 Å². The highest BCUT2D eigenvalue weighted by Crippen LogP contribution is 2.34. The molecule has 0 aliphatic carbocycles. The molecule has 1 aromatic carbocycles. The molecule has 2 aliphatic rings. The molecule has 2 aromatic rings. The highest BCUT2D eigenvalue weighted by molar-refractivity contribution is 8.00. The van der Waals surface area contributed by atoms with Crippen molar-refractivity contribution in [1.82, 2.24) is 10.2 Å². The maximum atomic E-state index is 12.9. The third kappa shape index (κ3) is 3.69. The normalized spacial score (nSPS) is 20.4. The van der Waals surface area contributed by atoms with Crippen LogP contribution in [0.25, 0.3) is 0 Å². The number of hydrogen-bond acceptors (Lipinski definition) is 6. The molecule has 2 unspecified atom stereocenters. The number of nitrogens with zero attached hydrogens (tertiary/aromatic N) is 1. The van der Waals surface area contributed by atoms with E-state index >= 15 is 0 Å². The molecule has 2 aliphatic heterocycles. The van der Waals surface area contributed by atoms with Crippen molar-refractivity contribution in [2.24, 2.45) is 0 Å². The van der Waals surface area contributed by atoms with E-state index in [9.17, 15) is 9.59 Å². The Balaban J connectivity index is 1.45. The summed E-state index contributed by atoms with van der Waals surface area (Å²) in [5, 5.41) is 2.93. The lowest BCUT2D eigenvalue weighted by molar-refractivity contribution is -0.125. The van der Waals surface area contributed by atoms with Gasteiger partial charge >= 0.3 is 0 Å². The van der Waals surface area contributed by atoms with Gasteiger partial charge < -0.3 is 24.1 Å². The number of hydrogen-bond donors (Lipinski definition) is 1. The molecule has 0 radical (unpaired) electrons. The summed E-state index contributed by atoms with van der Waals surface area (Å²) in [6, 6.07) is 8.38. The first-order valence-corrected chi connectivity index (χ1v) is 10.4. The molecular weight excluding hydrogens is 380 g/mol. The van der Waals surface area contributed by atoms with Crippen molar-refractivity contribution >= 4 is 23.6 Å². The Hall–Kier alpha value is -2.61. The van der Waals surface area contributed by atoms with Crippen molar-refractivity contribution in [2.75, 3.05) is 12.5 Å². The largest absolute Gasteiger partial charge is 0.459 e.